The number of para-hydroxylation sites is 1. The van der Waals surface area contributed by atoms with Gasteiger partial charge in [-0.2, -0.15) is 0 Å². The Morgan fingerprint density at radius 3 is 2.40 bits per heavy atom. The van der Waals surface area contributed by atoms with E-state index in [0.29, 0.717) is 25.7 Å². The normalized spacial score (nSPS) is 19.8. The predicted octanol–water partition coefficient (Wildman–Crippen LogP) is 2.25. The molecule has 1 aromatic rings. The number of carbonyl (C=O) groups is 1. The first-order valence-electron chi connectivity index (χ1n) is 9.43. The van der Waals surface area contributed by atoms with Crippen LogP contribution in [-0.4, -0.2) is 68.3 Å². The van der Waals surface area contributed by atoms with Crippen LogP contribution in [0.1, 0.15) is 24.0 Å². The van der Waals surface area contributed by atoms with Crippen molar-refractivity contribution in [3.05, 3.63) is 29.3 Å². The van der Waals surface area contributed by atoms with Crippen LogP contribution >= 0.6 is 0 Å². The van der Waals surface area contributed by atoms with Crippen LogP contribution in [0.5, 0.6) is 5.75 Å². The molecule has 138 valence electrons. The summed E-state index contributed by atoms with van der Waals surface area (Å²) in [7, 11) is 0. The highest BCUT2D eigenvalue weighted by Crippen LogP contribution is 2.23. The summed E-state index contributed by atoms with van der Waals surface area (Å²) in [4.78, 5) is 17.0. The number of likely N-dealkylation sites (tertiary alicyclic amines) is 1. The molecule has 0 aromatic heterocycles. The first-order valence-corrected chi connectivity index (χ1v) is 9.43. The number of carbonyl (C=O) groups excluding carboxylic acids is 1. The SMILES string of the molecule is Cc1cccc(C)c1OCCN1CCC(C(=O)N2CCOCC2)CC1. The van der Waals surface area contributed by atoms with Gasteiger partial charge in [0, 0.05) is 25.6 Å². The van der Waals surface area contributed by atoms with E-state index >= 15 is 0 Å². The molecule has 2 aliphatic heterocycles. The lowest BCUT2D eigenvalue weighted by Crippen LogP contribution is -2.47. The number of hydrogen-bond acceptors (Lipinski definition) is 4. The summed E-state index contributed by atoms with van der Waals surface area (Å²) in [6.45, 7) is 10.6. The fourth-order valence-electron chi connectivity index (χ4n) is 3.75. The highest BCUT2D eigenvalue weighted by atomic mass is 16.5. The standard InChI is InChI=1S/C20H30N2O3/c1-16-4-3-5-17(2)19(16)25-15-10-21-8-6-18(7-9-21)20(23)22-11-13-24-14-12-22/h3-5,18H,6-15H2,1-2H3. The summed E-state index contributed by atoms with van der Waals surface area (Å²) in [5.41, 5.74) is 2.38. The Balaban J connectivity index is 1.40. The second kappa shape index (κ2) is 8.68. The van der Waals surface area contributed by atoms with Gasteiger partial charge in [0.25, 0.3) is 0 Å². The number of piperidine rings is 1. The highest BCUT2D eigenvalue weighted by Gasteiger charge is 2.29. The lowest BCUT2D eigenvalue weighted by molar-refractivity contribution is -0.141. The molecule has 0 atom stereocenters. The van der Waals surface area contributed by atoms with Gasteiger partial charge in [-0.25, -0.2) is 0 Å². The van der Waals surface area contributed by atoms with E-state index in [4.69, 9.17) is 9.47 Å². The smallest absolute Gasteiger partial charge is 0.225 e. The van der Waals surface area contributed by atoms with E-state index in [0.717, 1.165) is 51.3 Å². The van der Waals surface area contributed by atoms with Crippen molar-refractivity contribution in [2.75, 3.05) is 52.5 Å². The van der Waals surface area contributed by atoms with Gasteiger partial charge in [0.1, 0.15) is 12.4 Å². The zero-order valence-corrected chi connectivity index (χ0v) is 15.5. The Hall–Kier alpha value is -1.59. The molecule has 1 aromatic carbocycles. The molecule has 5 nitrogen and oxygen atoms in total. The molecular weight excluding hydrogens is 316 g/mol. The fourth-order valence-corrected chi connectivity index (χ4v) is 3.75. The lowest BCUT2D eigenvalue weighted by Gasteiger charge is -2.35. The van der Waals surface area contributed by atoms with Crippen molar-refractivity contribution in [3.63, 3.8) is 0 Å². The average Bonchev–Trinajstić information content (AvgIpc) is 2.65. The quantitative estimate of drug-likeness (QED) is 0.820. The first-order chi connectivity index (χ1) is 12.1. The van der Waals surface area contributed by atoms with Crippen LogP contribution in [0.2, 0.25) is 0 Å². The van der Waals surface area contributed by atoms with Crippen molar-refractivity contribution < 1.29 is 14.3 Å². The monoisotopic (exact) mass is 346 g/mol. The van der Waals surface area contributed by atoms with E-state index in [2.05, 4.69) is 36.9 Å². The number of hydrogen-bond donors (Lipinski definition) is 0. The zero-order chi connectivity index (χ0) is 17.6. The predicted molar refractivity (Wildman–Crippen MR) is 98.0 cm³/mol. The fraction of sp³-hybridized carbons (Fsp3) is 0.650. The van der Waals surface area contributed by atoms with Gasteiger partial charge in [0.2, 0.25) is 5.91 Å². The second-order valence-corrected chi connectivity index (χ2v) is 7.12. The maximum Gasteiger partial charge on any atom is 0.225 e. The minimum absolute atomic E-state index is 0.189. The lowest BCUT2D eigenvalue weighted by atomic mass is 9.95. The average molecular weight is 346 g/mol. The number of nitrogens with zero attached hydrogens (tertiary/aromatic N) is 2. The van der Waals surface area contributed by atoms with E-state index in [1.165, 1.54) is 11.1 Å². The zero-order valence-electron chi connectivity index (χ0n) is 15.5. The molecular formula is C20H30N2O3. The summed E-state index contributed by atoms with van der Waals surface area (Å²) < 4.78 is 11.3. The Labute approximate surface area is 150 Å². The molecule has 2 saturated heterocycles. The van der Waals surface area contributed by atoms with Crippen LogP contribution in [0, 0.1) is 19.8 Å². The number of amides is 1. The van der Waals surface area contributed by atoms with Gasteiger partial charge >= 0.3 is 0 Å². The largest absolute Gasteiger partial charge is 0.492 e. The van der Waals surface area contributed by atoms with Gasteiger partial charge in [-0.1, -0.05) is 18.2 Å². The summed E-state index contributed by atoms with van der Waals surface area (Å²) in [5, 5.41) is 0. The van der Waals surface area contributed by atoms with Crippen molar-refractivity contribution in [1.29, 1.82) is 0 Å². The third-order valence-corrected chi connectivity index (χ3v) is 5.32. The van der Waals surface area contributed by atoms with Crippen molar-refractivity contribution in [1.82, 2.24) is 9.80 Å². The van der Waals surface area contributed by atoms with Gasteiger partial charge < -0.3 is 14.4 Å². The molecule has 2 aliphatic rings. The Kier molecular flexibility index (Phi) is 6.32. The molecule has 0 bridgehead atoms. The molecule has 0 saturated carbocycles. The number of benzene rings is 1. The van der Waals surface area contributed by atoms with Crippen LogP contribution in [0.4, 0.5) is 0 Å². The minimum Gasteiger partial charge on any atom is -0.492 e. The molecule has 0 unspecified atom stereocenters. The van der Waals surface area contributed by atoms with E-state index < -0.39 is 0 Å². The topological polar surface area (TPSA) is 42.0 Å². The summed E-state index contributed by atoms with van der Waals surface area (Å²) in [5.74, 6) is 1.53. The highest BCUT2D eigenvalue weighted by molar-refractivity contribution is 5.79. The van der Waals surface area contributed by atoms with Gasteiger partial charge in [0.05, 0.1) is 13.2 Å². The number of aryl methyl sites for hydroxylation is 2. The molecule has 2 heterocycles. The molecule has 0 N–H and O–H groups in total. The van der Waals surface area contributed by atoms with E-state index in [1.807, 2.05) is 4.90 Å². The summed E-state index contributed by atoms with van der Waals surface area (Å²) >= 11 is 0. The van der Waals surface area contributed by atoms with Gasteiger partial charge in [-0.3, -0.25) is 9.69 Å². The van der Waals surface area contributed by atoms with Crippen molar-refractivity contribution in [3.8, 4) is 5.75 Å². The van der Waals surface area contributed by atoms with E-state index in [-0.39, 0.29) is 5.92 Å². The Bertz CT molecular complexity index is 556. The second-order valence-electron chi connectivity index (χ2n) is 7.12. The molecule has 1 amide bonds. The Morgan fingerprint density at radius 2 is 1.76 bits per heavy atom. The van der Waals surface area contributed by atoms with Gasteiger partial charge in [-0.15, -0.1) is 0 Å². The maximum atomic E-state index is 12.6. The van der Waals surface area contributed by atoms with E-state index in [9.17, 15) is 4.79 Å². The summed E-state index contributed by atoms with van der Waals surface area (Å²) in [6.07, 6.45) is 1.92. The van der Waals surface area contributed by atoms with Gasteiger partial charge in [0.15, 0.2) is 0 Å². The number of rotatable bonds is 5. The van der Waals surface area contributed by atoms with Crippen LogP contribution in [0.15, 0.2) is 18.2 Å². The number of ether oxygens (including phenoxy) is 2. The summed E-state index contributed by atoms with van der Waals surface area (Å²) in [6, 6.07) is 6.24. The maximum absolute atomic E-state index is 12.6. The van der Waals surface area contributed by atoms with Crippen LogP contribution in [0.25, 0.3) is 0 Å². The van der Waals surface area contributed by atoms with E-state index in [1.54, 1.807) is 0 Å². The van der Waals surface area contributed by atoms with Gasteiger partial charge in [-0.05, 0) is 50.9 Å². The van der Waals surface area contributed by atoms with Crippen molar-refractivity contribution >= 4 is 5.91 Å². The third-order valence-electron chi connectivity index (χ3n) is 5.32. The molecule has 0 radical (unpaired) electrons. The molecule has 0 spiro atoms. The molecule has 2 fully saturated rings. The first kappa shape index (κ1) is 18.2. The van der Waals surface area contributed by atoms with Crippen LogP contribution < -0.4 is 4.74 Å². The molecule has 5 heteroatoms. The number of morpholine rings is 1. The molecule has 25 heavy (non-hydrogen) atoms. The van der Waals surface area contributed by atoms with Crippen molar-refractivity contribution in [2.45, 2.75) is 26.7 Å². The van der Waals surface area contributed by atoms with Crippen LogP contribution in [-0.2, 0) is 9.53 Å². The minimum atomic E-state index is 0.189. The van der Waals surface area contributed by atoms with Crippen LogP contribution in [0.3, 0.4) is 0 Å². The Morgan fingerprint density at radius 1 is 1.12 bits per heavy atom. The molecule has 3 rings (SSSR count). The van der Waals surface area contributed by atoms with Crippen molar-refractivity contribution in [2.24, 2.45) is 5.92 Å². The third kappa shape index (κ3) is 4.73. The molecule has 0 aliphatic carbocycles.